The molecule has 1 atom stereocenters. The van der Waals surface area contributed by atoms with Crippen molar-refractivity contribution in [2.24, 2.45) is 4.99 Å². The summed E-state index contributed by atoms with van der Waals surface area (Å²) in [6.07, 6.45) is 11.8. The zero-order valence-electron chi connectivity index (χ0n) is 10.2. The van der Waals surface area contributed by atoms with Crippen LogP contribution in [0.3, 0.4) is 0 Å². The van der Waals surface area contributed by atoms with Gasteiger partial charge >= 0.3 is 5.97 Å². The van der Waals surface area contributed by atoms with Crippen molar-refractivity contribution in [2.75, 3.05) is 13.6 Å². The van der Waals surface area contributed by atoms with Gasteiger partial charge in [-0.15, -0.1) is 0 Å². The van der Waals surface area contributed by atoms with E-state index in [1.807, 2.05) is 6.21 Å². The van der Waals surface area contributed by atoms with E-state index in [0.717, 1.165) is 24.8 Å². The molecule has 0 fully saturated rings. The molecule has 0 aromatic carbocycles. The van der Waals surface area contributed by atoms with Crippen LogP contribution in [0.1, 0.15) is 25.7 Å². The van der Waals surface area contributed by atoms with Crippen LogP contribution in [0.5, 0.6) is 0 Å². The Morgan fingerprint density at radius 3 is 3.06 bits per heavy atom. The molecule has 1 rings (SSSR count). The molecule has 4 heteroatoms. The summed E-state index contributed by atoms with van der Waals surface area (Å²) in [6, 6.07) is -0.459. The summed E-state index contributed by atoms with van der Waals surface area (Å²) in [5.41, 5.74) is 1.15. The minimum atomic E-state index is -0.797. The van der Waals surface area contributed by atoms with E-state index >= 15 is 0 Å². The lowest BCUT2D eigenvalue weighted by atomic mass is 10.1. The topological polar surface area (TPSA) is 61.7 Å². The van der Waals surface area contributed by atoms with Crippen molar-refractivity contribution in [3.05, 3.63) is 23.8 Å². The van der Waals surface area contributed by atoms with Gasteiger partial charge in [-0.1, -0.05) is 18.2 Å². The number of hydrogen-bond donors (Lipinski definition) is 2. The molecule has 17 heavy (non-hydrogen) atoms. The summed E-state index contributed by atoms with van der Waals surface area (Å²) in [7, 11) is 1.67. The number of carboxylic acids is 1. The molecule has 0 aromatic rings. The normalized spacial score (nSPS) is 17.1. The molecule has 0 amide bonds. The minimum Gasteiger partial charge on any atom is -0.480 e. The highest BCUT2D eigenvalue weighted by Gasteiger charge is 2.13. The predicted octanol–water partition coefficient (Wildman–Crippen LogP) is 1.79. The number of carbonyl (C=O) groups is 1. The van der Waals surface area contributed by atoms with Gasteiger partial charge in [0.1, 0.15) is 6.04 Å². The van der Waals surface area contributed by atoms with E-state index < -0.39 is 12.0 Å². The molecule has 1 aliphatic carbocycles. The van der Waals surface area contributed by atoms with Crippen LogP contribution in [0.4, 0.5) is 0 Å². The Hall–Kier alpha value is -1.42. The smallest absolute Gasteiger partial charge is 0.320 e. The third kappa shape index (κ3) is 5.45. The molecule has 0 spiro atoms. The van der Waals surface area contributed by atoms with Gasteiger partial charge in [-0.3, -0.25) is 9.79 Å². The van der Waals surface area contributed by atoms with Gasteiger partial charge in [0.15, 0.2) is 0 Å². The number of nitrogens with zero attached hydrogens (tertiary/aromatic N) is 1. The van der Waals surface area contributed by atoms with Gasteiger partial charge in [0.2, 0.25) is 0 Å². The van der Waals surface area contributed by atoms with Crippen LogP contribution in [0.2, 0.25) is 0 Å². The van der Waals surface area contributed by atoms with Crippen LogP contribution in [0, 0.1) is 0 Å². The Morgan fingerprint density at radius 2 is 2.47 bits per heavy atom. The van der Waals surface area contributed by atoms with E-state index in [1.54, 1.807) is 7.05 Å². The lowest BCUT2D eigenvalue weighted by Crippen LogP contribution is -2.33. The first-order chi connectivity index (χ1) is 8.24. The van der Waals surface area contributed by atoms with Crippen molar-refractivity contribution < 1.29 is 9.90 Å². The van der Waals surface area contributed by atoms with E-state index in [4.69, 9.17) is 5.11 Å². The van der Waals surface area contributed by atoms with Crippen LogP contribution in [0.15, 0.2) is 28.8 Å². The first-order valence-corrected chi connectivity index (χ1v) is 6.00. The molecule has 0 saturated heterocycles. The van der Waals surface area contributed by atoms with Crippen molar-refractivity contribution in [1.82, 2.24) is 5.32 Å². The van der Waals surface area contributed by atoms with E-state index in [0.29, 0.717) is 13.0 Å². The van der Waals surface area contributed by atoms with Gasteiger partial charge in [-0.25, -0.2) is 0 Å². The van der Waals surface area contributed by atoms with Crippen LogP contribution in [0.25, 0.3) is 0 Å². The minimum absolute atomic E-state index is 0.459. The molecule has 94 valence electrons. The zero-order valence-corrected chi connectivity index (χ0v) is 10.2. The average Bonchev–Trinajstić information content (AvgIpc) is 2.34. The molecule has 0 unspecified atom stereocenters. The fraction of sp³-hybridized carbons (Fsp3) is 0.538. The zero-order chi connectivity index (χ0) is 12.5. The molecule has 4 nitrogen and oxygen atoms in total. The van der Waals surface area contributed by atoms with Gasteiger partial charge in [-0.05, 0) is 38.3 Å². The Labute approximate surface area is 102 Å². The third-order valence-corrected chi connectivity index (χ3v) is 2.69. The molecule has 0 aliphatic heterocycles. The second kappa shape index (κ2) is 7.79. The number of hydrogen-bond acceptors (Lipinski definition) is 3. The van der Waals surface area contributed by atoms with Crippen LogP contribution >= 0.6 is 0 Å². The maximum absolute atomic E-state index is 10.7. The highest BCUT2D eigenvalue weighted by atomic mass is 16.4. The van der Waals surface area contributed by atoms with E-state index in [-0.39, 0.29) is 0 Å². The molecule has 1 aliphatic rings. The summed E-state index contributed by atoms with van der Waals surface area (Å²) in [6.45, 7) is 0.677. The molecule has 0 radical (unpaired) electrons. The van der Waals surface area contributed by atoms with Crippen molar-refractivity contribution in [3.63, 3.8) is 0 Å². The summed E-state index contributed by atoms with van der Waals surface area (Å²) in [4.78, 5) is 15.0. The maximum Gasteiger partial charge on any atom is 0.320 e. The number of likely N-dealkylation sites (N-methyl/N-ethyl adjacent to an activating group) is 1. The fourth-order valence-corrected chi connectivity index (χ4v) is 1.68. The van der Waals surface area contributed by atoms with Gasteiger partial charge in [0, 0.05) is 12.8 Å². The molecular formula is C13H20N2O2. The monoisotopic (exact) mass is 236 g/mol. The second-order valence-electron chi connectivity index (χ2n) is 4.04. The lowest BCUT2D eigenvalue weighted by molar-refractivity contribution is -0.139. The summed E-state index contributed by atoms with van der Waals surface area (Å²) < 4.78 is 0. The van der Waals surface area contributed by atoms with E-state index in [2.05, 4.69) is 28.5 Å². The maximum atomic E-state index is 10.7. The first kappa shape index (κ1) is 13.6. The molecule has 0 saturated carbocycles. The van der Waals surface area contributed by atoms with Crippen molar-refractivity contribution in [2.45, 2.75) is 31.7 Å². The quantitative estimate of drug-likeness (QED) is 0.523. The van der Waals surface area contributed by atoms with Gasteiger partial charge < -0.3 is 10.4 Å². The van der Waals surface area contributed by atoms with Crippen molar-refractivity contribution in [1.29, 1.82) is 0 Å². The first-order valence-electron chi connectivity index (χ1n) is 6.00. The fourth-order valence-electron chi connectivity index (χ4n) is 1.68. The largest absolute Gasteiger partial charge is 0.480 e. The number of aliphatic carboxylic acids is 1. The molecule has 0 bridgehead atoms. The Balaban J connectivity index is 2.19. The van der Waals surface area contributed by atoms with E-state index in [1.165, 1.54) is 0 Å². The van der Waals surface area contributed by atoms with Crippen LogP contribution < -0.4 is 5.32 Å². The number of rotatable bonds is 7. The number of allylic oxidation sites excluding steroid dienone is 4. The molecule has 0 heterocycles. The highest BCUT2D eigenvalue weighted by Crippen LogP contribution is 2.07. The Kier molecular flexibility index (Phi) is 6.25. The average molecular weight is 236 g/mol. The van der Waals surface area contributed by atoms with Crippen LogP contribution in [-0.4, -0.2) is 36.9 Å². The number of aliphatic imine (C=N–C) groups is 1. The van der Waals surface area contributed by atoms with Gasteiger partial charge in [-0.2, -0.15) is 0 Å². The Bertz CT molecular complexity index is 332. The van der Waals surface area contributed by atoms with Gasteiger partial charge in [0.25, 0.3) is 0 Å². The van der Waals surface area contributed by atoms with Crippen LogP contribution in [-0.2, 0) is 4.79 Å². The second-order valence-corrected chi connectivity index (χ2v) is 4.04. The predicted molar refractivity (Wildman–Crippen MR) is 69.5 cm³/mol. The van der Waals surface area contributed by atoms with Crippen molar-refractivity contribution >= 4 is 12.2 Å². The van der Waals surface area contributed by atoms with E-state index in [9.17, 15) is 4.79 Å². The standard InChI is InChI=1S/C13H20N2O2/c1-14-12(13(16)17)8-5-9-15-10-11-6-3-2-4-7-11/h3,6-7,10,12,14H,2,4-5,8-9H2,1H3,(H,16,17)/t12-/m0/s1. The summed E-state index contributed by atoms with van der Waals surface area (Å²) in [5.74, 6) is -0.797. The molecule has 0 aromatic heterocycles. The number of nitrogens with one attached hydrogen (secondary N) is 1. The number of carboxylic acid groups (broad SMARTS) is 1. The third-order valence-electron chi connectivity index (χ3n) is 2.69. The summed E-state index contributed by atoms with van der Waals surface area (Å²) >= 11 is 0. The molecule has 2 N–H and O–H groups in total. The summed E-state index contributed by atoms with van der Waals surface area (Å²) in [5, 5.41) is 11.6. The van der Waals surface area contributed by atoms with Gasteiger partial charge in [0.05, 0.1) is 0 Å². The van der Waals surface area contributed by atoms with Crippen molar-refractivity contribution in [3.8, 4) is 0 Å². The highest BCUT2D eigenvalue weighted by molar-refractivity contribution is 5.82. The Morgan fingerprint density at radius 1 is 1.65 bits per heavy atom. The molecular weight excluding hydrogens is 216 g/mol. The lowest BCUT2D eigenvalue weighted by Gasteiger charge is -2.09. The SMILES string of the molecule is CN[C@@H](CCCN=CC1=CCCC=C1)C(=O)O.